The van der Waals surface area contributed by atoms with Gasteiger partial charge in [0.25, 0.3) is 17.0 Å². The molecule has 0 aliphatic carbocycles. The normalized spacial score (nSPS) is 14.9. The number of rotatable bonds is 17. The number of hydrogen-bond donors (Lipinski definition) is 7. The molecule has 8 aromatic heterocycles. The van der Waals surface area contributed by atoms with Crippen LogP contribution >= 0.6 is 12.4 Å². The van der Waals surface area contributed by atoms with Crippen molar-refractivity contribution < 1.29 is 14.7 Å². The van der Waals surface area contributed by atoms with Gasteiger partial charge in [-0.05, 0) is 150 Å². The molecule has 2 aliphatic rings. The summed E-state index contributed by atoms with van der Waals surface area (Å²) in [5, 5.41) is 13.0. The van der Waals surface area contributed by atoms with Crippen molar-refractivity contribution >= 4 is 47.0 Å². The number of nitrogen functional groups attached to an aromatic ring is 2. The molecule has 2 saturated heterocycles. The number of carbonyl (C=O) groups is 2. The third kappa shape index (κ3) is 14.8. The van der Waals surface area contributed by atoms with Crippen LogP contribution in [0, 0.1) is 27.7 Å². The minimum absolute atomic E-state index is 0. The minimum atomic E-state index is -0.901. The largest absolute Gasteiger partial charge is 0.478 e. The van der Waals surface area contributed by atoms with Gasteiger partial charge in [0, 0.05) is 164 Å². The SMILES string of the molecule is CCCc1cc(C)[nH]c(=O)c1CN.CCCc1cc(C)[nH]c(=O)c1CNC(=O)c1cc2c(-c3ccc(N)nc3)ccn2c(C(C)N2CCN(CC)CC2)c1C.CCN1CCN(C(C)c2c(C)c(C(=O)O)cc3c(-c4ccc(N)nc4)ccn23)CC1.Cl. The molecule has 0 saturated carbocycles. The number of carboxylic acids is 1. The van der Waals surface area contributed by atoms with E-state index in [-0.39, 0.29) is 48.1 Å². The van der Waals surface area contributed by atoms with Gasteiger partial charge in [0.1, 0.15) is 11.6 Å². The van der Waals surface area contributed by atoms with Crippen molar-refractivity contribution in [1.82, 2.24) is 53.7 Å². The number of anilines is 2. The molecule has 10 heterocycles. The number of nitrogens with one attached hydrogen (secondary N) is 3. The van der Waals surface area contributed by atoms with E-state index >= 15 is 0 Å². The zero-order valence-electron chi connectivity index (χ0n) is 51.8. The Labute approximate surface area is 511 Å². The first-order chi connectivity index (χ1) is 40.8. The molecule has 2 atom stereocenters. The number of aromatic nitrogens is 6. The van der Waals surface area contributed by atoms with E-state index in [1.54, 1.807) is 30.6 Å². The van der Waals surface area contributed by atoms with Gasteiger partial charge in [-0.2, -0.15) is 0 Å². The van der Waals surface area contributed by atoms with Crippen LogP contribution < -0.4 is 33.6 Å². The number of carboxylic acid groups (broad SMARTS) is 1. The highest BCUT2D eigenvalue weighted by molar-refractivity contribution is 5.99. The predicted octanol–water partition coefficient (Wildman–Crippen LogP) is 9.27. The maximum absolute atomic E-state index is 13.9. The summed E-state index contributed by atoms with van der Waals surface area (Å²) in [5.41, 5.74) is 32.5. The van der Waals surface area contributed by atoms with Gasteiger partial charge in [-0.25, -0.2) is 14.8 Å². The van der Waals surface area contributed by atoms with E-state index in [9.17, 15) is 24.3 Å². The van der Waals surface area contributed by atoms with Gasteiger partial charge in [-0.15, -0.1) is 12.4 Å². The van der Waals surface area contributed by atoms with Crippen LogP contribution in [0.25, 0.3) is 33.3 Å². The van der Waals surface area contributed by atoms with Crippen LogP contribution in [-0.4, -0.2) is 131 Å². The van der Waals surface area contributed by atoms with Crippen LogP contribution in [0.5, 0.6) is 0 Å². The van der Waals surface area contributed by atoms with Crippen LogP contribution in [0.1, 0.15) is 143 Å². The number of aryl methyl sites for hydroxylation is 4. The molecule has 2 unspecified atom stereocenters. The summed E-state index contributed by atoms with van der Waals surface area (Å²) >= 11 is 0. The molecule has 0 radical (unpaired) electrons. The third-order valence-electron chi connectivity index (χ3n) is 17.2. The molecular formula is C66H89ClN14O5. The number of carbonyl (C=O) groups excluding carboxylic acids is 1. The van der Waals surface area contributed by atoms with E-state index in [1.165, 1.54) is 0 Å². The lowest BCUT2D eigenvalue weighted by Crippen LogP contribution is -2.47. The fourth-order valence-electron chi connectivity index (χ4n) is 12.4. The van der Waals surface area contributed by atoms with Crippen molar-refractivity contribution in [2.45, 2.75) is 120 Å². The number of piperazine rings is 2. The molecule has 20 heteroatoms. The summed E-state index contributed by atoms with van der Waals surface area (Å²) < 4.78 is 4.36. The summed E-state index contributed by atoms with van der Waals surface area (Å²) in [4.78, 5) is 74.3. The molecule has 86 heavy (non-hydrogen) atoms. The number of H-pyrrole nitrogens is 2. The second-order valence-electron chi connectivity index (χ2n) is 22.6. The van der Waals surface area contributed by atoms with Gasteiger partial charge >= 0.3 is 5.97 Å². The molecule has 0 spiro atoms. The van der Waals surface area contributed by atoms with E-state index < -0.39 is 5.97 Å². The zero-order chi connectivity index (χ0) is 61.2. The molecule has 8 aromatic rings. The van der Waals surface area contributed by atoms with Gasteiger partial charge < -0.3 is 56.2 Å². The Balaban J connectivity index is 0.000000208. The molecule has 10 N–H and O–H groups in total. The number of aromatic carboxylic acids is 1. The lowest BCUT2D eigenvalue weighted by Gasteiger charge is -2.38. The second kappa shape index (κ2) is 29.6. The summed E-state index contributed by atoms with van der Waals surface area (Å²) in [7, 11) is 0. The monoisotopic (exact) mass is 1190 g/mol. The van der Waals surface area contributed by atoms with E-state index in [2.05, 4.69) is 107 Å². The number of hydrogen-bond acceptors (Lipinski definition) is 13. The van der Waals surface area contributed by atoms with Crippen LogP contribution in [0.15, 0.2) is 95.0 Å². The standard InChI is InChI=1S/C33H43N7O2.C23H29N5O2.C10H16N2O.ClH/c1-6-8-24-17-21(3)37-33(42)28(24)20-36-32(41)27-18-29-26(25-9-10-30(34)35-19-25)11-12-40(29)31(22(27)4)23(5)39-15-13-38(7-2)14-16-39;1-4-26-9-11-27(12-10-26)16(3)22-15(2)19(23(29)30)13-20-18(7-8-28(20)22)17-5-6-21(24)25-14-17;1-3-4-8-5-7(2)12-10(13)9(8)6-11;/h9-12,17-19,23H,6-8,13-16,20H2,1-5H3,(H2,34,35)(H,36,41)(H,37,42);5-8,13-14,16H,4,9-12H2,1-3H3,(H2,24,25)(H,29,30);5H,3-4,6,11H2,1-2H3,(H,12,13);1H. The molecule has 19 nitrogen and oxygen atoms in total. The summed E-state index contributed by atoms with van der Waals surface area (Å²) in [6.45, 7) is 31.4. The van der Waals surface area contributed by atoms with Crippen molar-refractivity contribution in [1.29, 1.82) is 0 Å². The van der Waals surface area contributed by atoms with E-state index in [1.807, 2.05) is 70.3 Å². The Hall–Kier alpha value is -7.65. The van der Waals surface area contributed by atoms with Gasteiger partial charge in [0.15, 0.2) is 0 Å². The molecule has 0 bridgehead atoms. The number of pyridine rings is 6. The van der Waals surface area contributed by atoms with Gasteiger partial charge in [0.05, 0.1) is 16.6 Å². The van der Waals surface area contributed by atoms with Gasteiger partial charge in [-0.1, -0.05) is 40.5 Å². The zero-order valence-corrected chi connectivity index (χ0v) is 52.7. The number of likely N-dealkylation sites (N-methyl/N-ethyl adjacent to an activating group) is 2. The lowest BCUT2D eigenvalue weighted by molar-refractivity contribution is 0.0694. The first-order valence-electron chi connectivity index (χ1n) is 30.1. The Morgan fingerprint density at radius 1 is 0.616 bits per heavy atom. The Morgan fingerprint density at radius 2 is 1.03 bits per heavy atom. The molecule has 460 valence electrons. The Morgan fingerprint density at radius 3 is 1.43 bits per heavy atom. The molecular weight excluding hydrogens is 1100 g/mol. The minimum Gasteiger partial charge on any atom is -0.478 e. The van der Waals surface area contributed by atoms with E-state index in [0.717, 1.165) is 175 Å². The molecule has 2 aliphatic heterocycles. The number of nitrogens with zero attached hydrogens (tertiary/aromatic N) is 8. The van der Waals surface area contributed by atoms with Crippen LogP contribution in [0.3, 0.4) is 0 Å². The second-order valence-corrected chi connectivity index (χ2v) is 22.6. The summed E-state index contributed by atoms with van der Waals surface area (Å²) in [6.07, 6.45) is 11.3. The highest BCUT2D eigenvalue weighted by atomic mass is 35.5. The van der Waals surface area contributed by atoms with Gasteiger partial charge in [-0.3, -0.25) is 24.2 Å². The van der Waals surface area contributed by atoms with Crippen molar-refractivity contribution in [3.8, 4) is 22.3 Å². The molecule has 1 amide bonds. The fraction of sp³-hybridized carbons (Fsp3) is 0.424. The molecule has 0 aromatic carbocycles. The molecule has 2 fully saturated rings. The highest BCUT2D eigenvalue weighted by Gasteiger charge is 2.30. The van der Waals surface area contributed by atoms with Gasteiger partial charge in [0.2, 0.25) is 0 Å². The van der Waals surface area contributed by atoms with Crippen molar-refractivity contribution in [3.63, 3.8) is 0 Å². The van der Waals surface area contributed by atoms with Crippen molar-refractivity contribution in [3.05, 3.63) is 173 Å². The number of halogens is 1. The van der Waals surface area contributed by atoms with E-state index in [0.29, 0.717) is 34.9 Å². The number of fused-ring (bicyclic) bond motifs is 2. The van der Waals surface area contributed by atoms with Crippen molar-refractivity contribution in [2.24, 2.45) is 5.73 Å². The van der Waals surface area contributed by atoms with E-state index in [4.69, 9.17) is 17.2 Å². The van der Waals surface area contributed by atoms with Crippen molar-refractivity contribution in [2.75, 3.05) is 76.9 Å². The smallest absolute Gasteiger partial charge is 0.336 e. The maximum Gasteiger partial charge on any atom is 0.336 e. The summed E-state index contributed by atoms with van der Waals surface area (Å²) in [6, 6.07) is 19.5. The quantitative estimate of drug-likeness (QED) is 0.0449. The number of amides is 1. The Bertz CT molecular complexity index is 3740. The molecule has 10 rings (SSSR count). The topological polar surface area (TPSA) is 258 Å². The number of aromatic amines is 2. The number of nitrogens with two attached hydrogens (primary N) is 3. The Kier molecular flexibility index (Phi) is 22.7. The average Bonchev–Trinajstić information content (AvgIpc) is 1.93. The first kappa shape index (κ1) is 65.9. The van der Waals surface area contributed by atoms with Crippen LogP contribution in [0.4, 0.5) is 11.6 Å². The fourth-order valence-corrected chi connectivity index (χ4v) is 12.4. The lowest BCUT2D eigenvalue weighted by atomic mass is 9.98. The third-order valence-corrected chi connectivity index (χ3v) is 17.2. The highest BCUT2D eigenvalue weighted by Crippen LogP contribution is 2.36. The maximum atomic E-state index is 13.9. The first-order valence-corrected chi connectivity index (χ1v) is 30.1. The predicted molar refractivity (Wildman–Crippen MR) is 349 cm³/mol. The summed E-state index contributed by atoms with van der Waals surface area (Å²) in [5.74, 6) is -0.164. The van der Waals surface area contributed by atoms with Crippen LogP contribution in [0.2, 0.25) is 0 Å². The van der Waals surface area contributed by atoms with Crippen LogP contribution in [-0.2, 0) is 25.9 Å². The average molecular weight is 1190 g/mol.